The molecule has 0 saturated heterocycles. The molecule has 186 valence electrons. The fraction of sp³-hybridized carbons (Fsp3) is 0.333. The second-order valence-electron chi connectivity index (χ2n) is 7.38. The summed E-state index contributed by atoms with van der Waals surface area (Å²) in [7, 11) is -2.88. The van der Waals surface area contributed by atoms with Crippen molar-refractivity contribution in [3.63, 3.8) is 0 Å². The van der Waals surface area contributed by atoms with Gasteiger partial charge in [0.05, 0.1) is 22.5 Å². The number of carbonyl (C=O) groups excluding carboxylic acids is 2. The summed E-state index contributed by atoms with van der Waals surface area (Å²) in [5.74, 6) is -1.37. The Hall–Kier alpha value is -2.50. The highest BCUT2D eigenvalue weighted by atomic mass is 35.5. The van der Waals surface area contributed by atoms with Gasteiger partial charge in [-0.2, -0.15) is 13.2 Å². The number of halogens is 5. The number of nitrogens with one attached hydrogen (secondary N) is 1. The molecule has 34 heavy (non-hydrogen) atoms. The van der Waals surface area contributed by atoms with Gasteiger partial charge in [0.1, 0.15) is 12.6 Å². The van der Waals surface area contributed by atoms with Crippen LogP contribution in [0.15, 0.2) is 42.5 Å². The standard InChI is InChI=1S/C21H22Cl2F3N3O4S/c1-13(20(31)27-2)28(11-14-5-4-6-16(22)9-14)19(30)12-29(34(3,32)33)18-10-15(21(24,25)26)7-8-17(18)23/h4-10,13H,11-12H2,1-3H3,(H,27,31)/t13-/m1/s1. The van der Waals surface area contributed by atoms with Crippen LogP contribution in [0.1, 0.15) is 18.1 Å². The third-order valence-electron chi connectivity index (χ3n) is 4.88. The van der Waals surface area contributed by atoms with Crippen molar-refractivity contribution >= 4 is 50.7 Å². The molecule has 0 saturated carbocycles. The van der Waals surface area contributed by atoms with Gasteiger partial charge in [0, 0.05) is 18.6 Å². The first kappa shape index (κ1) is 27.7. The number of anilines is 1. The summed E-state index contributed by atoms with van der Waals surface area (Å²) in [6, 6.07) is 7.59. The average molecular weight is 540 g/mol. The first-order valence-electron chi connectivity index (χ1n) is 9.75. The van der Waals surface area contributed by atoms with Gasteiger partial charge < -0.3 is 10.2 Å². The number of hydrogen-bond donors (Lipinski definition) is 1. The molecule has 2 aromatic carbocycles. The lowest BCUT2D eigenvalue weighted by molar-refractivity contribution is -0.139. The number of carbonyl (C=O) groups is 2. The van der Waals surface area contributed by atoms with Crippen LogP contribution in [0.3, 0.4) is 0 Å². The van der Waals surface area contributed by atoms with E-state index in [1.807, 2.05) is 0 Å². The van der Waals surface area contributed by atoms with Crippen molar-refractivity contribution in [2.24, 2.45) is 0 Å². The highest BCUT2D eigenvalue weighted by Gasteiger charge is 2.34. The molecule has 2 aromatic rings. The fourth-order valence-electron chi connectivity index (χ4n) is 3.10. The van der Waals surface area contributed by atoms with Crippen LogP contribution in [0.2, 0.25) is 10.0 Å². The molecule has 2 amide bonds. The molecule has 0 aromatic heterocycles. The average Bonchev–Trinajstić information content (AvgIpc) is 2.73. The maximum absolute atomic E-state index is 13.3. The maximum Gasteiger partial charge on any atom is 0.416 e. The summed E-state index contributed by atoms with van der Waals surface area (Å²) >= 11 is 12.0. The monoisotopic (exact) mass is 539 g/mol. The molecule has 0 bridgehead atoms. The van der Waals surface area contributed by atoms with Crippen LogP contribution in [0.25, 0.3) is 0 Å². The Bertz CT molecular complexity index is 1180. The minimum Gasteiger partial charge on any atom is -0.357 e. The number of nitrogens with zero attached hydrogens (tertiary/aromatic N) is 2. The van der Waals surface area contributed by atoms with E-state index in [-0.39, 0.29) is 11.6 Å². The summed E-state index contributed by atoms with van der Waals surface area (Å²) in [6.45, 7) is 0.437. The van der Waals surface area contributed by atoms with Crippen molar-refractivity contribution in [3.8, 4) is 0 Å². The largest absolute Gasteiger partial charge is 0.416 e. The van der Waals surface area contributed by atoms with Gasteiger partial charge in [-0.3, -0.25) is 13.9 Å². The van der Waals surface area contributed by atoms with Gasteiger partial charge in [0.15, 0.2) is 0 Å². The van der Waals surface area contributed by atoms with Crippen LogP contribution in [0.4, 0.5) is 18.9 Å². The number of sulfonamides is 1. The second kappa shape index (κ2) is 10.8. The number of likely N-dealkylation sites (N-methyl/N-ethyl adjacent to an activating group) is 1. The summed E-state index contributed by atoms with van der Waals surface area (Å²) in [4.78, 5) is 26.6. The Morgan fingerprint density at radius 1 is 1.12 bits per heavy atom. The van der Waals surface area contributed by atoms with E-state index in [0.29, 0.717) is 27.0 Å². The number of rotatable bonds is 8. The predicted octanol–water partition coefficient (Wildman–Crippen LogP) is 3.94. The molecule has 0 aliphatic rings. The number of alkyl halides is 3. The van der Waals surface area contributed by atoms with E-state index >= 15 is 0 Å². The van der Waals surface area contributed by atoms with Gasteiger partial charge in [-0.15, -0.1) is 0 Å². The molecule has 0 heterocycles. The Morgan fingerprint density at radius 3 is 2.29 bits per heavy atom. The molecule has 7 nitrogen and oxygen atoms in total. The van der Waals surface area contributed by atoms with Crippen molar-refractivity contribution in [2.45, 2.75) is 25.7 Å². The van der Waals surface area contributed by atoms with Crippen LogP contribution in [-0.4, -0.2) is 51.0 Å². The summed E-state index contributed by atoms with van der Waals surface area (Å²) in [5, 5.41) is 2.49. The smallest absolute Gasteiger partial charge is 0.357 e. The topological polar surface area (TPSA) is 86.8 Å². The quantitative estimate of drug-likeness (QED) is 0.550. The maximum atomic E-state index is 13.3. The SMILES string of the molecule is CNC(=O)[C@@H](C)N(Cc1cccc(Cl)c1)C(=O)CN(c1cc(C(F)(F)F)ccc1Cl)S(C)(=O)=O. The lowest BCUT2D eigenvalue weighted by Crippen LogP contribution is -2.50. The van der Waals surface area contributed by atoms with Crippen molar-refractivity contribution in [3.05, 3.63) is 63.6 Å². The van der Waals surface area contributed by atoms with Gasteiger partial charge in [-0.05, 0) is 42.8 Å². The first-order chi connectivity index (χ1) is 15.6. The molecule has 0 radical (unpaired) electrons. The molecule has 1 atom stereocenters. The van der Waals surface area contributed by atoms with Gasteiger partial charge in [-0.1, -0.05) is 35.3 Å². The fourth-order valence-corrected chi connectivity index (χ4v) is 4.43. The van der Waals surface area contributed by atoms with Crippen molar-refractivity contribution < 1.29 is 31.2 Å². The van der Waals surface area contributed by atoms with Gasteiger partial charge >= 0.3 is 6.18 Å². The Kier molecular flexibility index (Phi) is 8.84. The Labute approximate surface area is 205 Å². The zero-order valence-electron chi connectivity index (χ0n) is 18.4. The van der Waals surface area contributed by atoms with Crippen LogP contribution < -0.4 is 9.62 Å². The zero-order chi connectivity index (χ0) is 25.8. The number of hydrogen-bond acceptors (Lipinski definition) is 4. The Balaban J connectivity index is 2.50. The highest BCUT2D eigenvalue weighted by Crippen LogP contribution is 2.36. The lowest BCUT2D eigenvalue weighted by Gasteiger charge is -2.31. The lowest BCUT2D eigenvalue weighted by atomic mass is 10.1. The summed E-state index contributed by atoms with van der Waals surface area (Å²) in [5.41, 5.74) is -1.09. The van der Waals surface area contributed by atoms with E-state index < -0.39 is 51.9 Å². The van der Waals surface area contributed by atoms with E-state index in [9.17, 15) is 31.2 Å². The third-order valence-corrected chi connectivity index (χ3v) is 6.56. The molecule has 0 aliphatic carbocycles. The molecular weight excluding hydrogens is 518 g/mol. The summed E-state index contributed by atoms with van der Waals surface area (Å²) in [6.07, 6.45) is -4.03. The van der Waals surface area contributed by atoms with E-state index in [1.165, 1.54) is 14.0 Å². The zero-order valence-corrected chi connectivity index (χ0v) is 20.7. The van der Waals surface area contributed by atoms with E-state index in [4.69, 9.17) is 23.2 Å². The third kappa shape index (κ3) is 7.00. The van der Waals surface area contributed by atoms with Crippen molar-refractivity contribution in [1.29, 1.82) is 0 Å². The predicted molar refractivity (Wildman–Crippen MR) is 124 cm³/mol. The minimum atomic E-state index is -4.77. The van der Waals surface area contributed by atoms with E-state index in [0.717, 1.165) is 17.2 Å². The molecule has 0 spiro atoms. The van der Waals surface area contributed by atoms with Crippen LogP contribution in [0, 0.1) is 0 Å². The van der Waals surface area contributed by atoms with Gasteiger partial charge in [-0.25, -0.2) is 8.42 Å². The summed E-state index contributed by atoms with van der Waals surface area (Å²) < 4.78 is 65.1. The second-order valence-corrected chi connectivity index (χ2v) is 10.1. The van der Waals surface area contributed by atoms with Crippen LogP contribution in [0.5, 0.6) is 0 Å². The molecule has 0 fully saturated rings. The van der Waals surface area contributed by atoms with Gasteiger partial charge in [0.25, 0.3) is 0 Å². The highest BCUT2D eigenvalue weighted by molar-refractivity contribution is 7.92. The number of benzene rings is 2. The molecular formula is C21H22Cl2F3N3O4S. The molecule has 0 unspecified atom stereocenters. The minimum absolute atomic E-state index is 0.109. The normalized spacial score (nSPS) is 12.7. The van der Waals surface area contributed by atoms with Crippen LogP contribution in [-0.2, 0) is 32.3 Å². The first-order valence-corrected chi connectivity index (χ1v) is 12.4. The Morgan fingerprint density at radius 2 is 1.76 bits per heavy atom. The molecule has 2 rings (SSSR count). The van der Waals surface area contributed by atoms with Crippen molar-refractivity contribution in [2.75, 3.05) is 24.2 Å². The molecule has 13 heteroatoms. The molecule has 1 N–H and O–H groups in total. The van der Waals surface area contributed by atoms with Gasteiger partial charge in [0.2, 0.25) is 21.8 Å². The van der Waals surface area contributed by atoms with Crippen LogP contribution >= 0.6 is 23.2 Å². The molecule has 0 aliphatic heterocycles. The van der Waals surface area contributed by atoms with Crippen molar-refractivity contribution in [1.82, 2.24) is 10.2 Å². The van der Waals surface area contributed by atoms with E-state index in [2.05, 4.69) is 5.32 Å². The van der Waals surface area contributed by atoms with E-state index in [1.54, 1.807) is 24.3 Å². The number of amides is 2.